The van der Waals surface area contributed by atoms with Crippen LogP contribution in [0.25, 0.3) is 0 Å². The van der Waals surface area contributed by atoms with Gasteiger partial charge < -0.3 is 10.7 Å². The molecule has 1 aliphatic heterocycles. The van der Waals surface area contributed by atoms with Gasteiger partial charge in [-0.15, -0.1) is 0 Å². The van der Waals surface area contributed by atoms with Crippen molar-refractivity contribution in [2.75, 3.05) is 0 Å². The van der Waals surface area contributed by atoms with Crippen LogP contribution in [0.4, 0.5) is 0 Å². The number of allylic oxidation sites excluding steroid dienone is 3. The Morgan fingerprint density at radius 2 is 2.10 bits per heavy atom. The highest BCUT2D eigenvalue weighted by Crippen LogP contribution is 2.28. The number of nitrogens with one attached hydrogen (secondary N) is 3. The molecule has 2 unspecified atom stereocenters. The van der Waals surface area contributed by atoms with E-state index in [1.165, 1.54) is 32.1 Å². The van der Waals surface area contributed by atoms with Crippen LogP contribution in [0.5, 0.6) is 0 Å². The zero-order chi connectivity index (χ0) is 14.7. The average Bonchev–Trinajstić information content (AvgIpc) is 2.77. The summed E-state index contributed by atoms with van der Waals surface area (Å²) in [5.74, 6) is 1.08. The molecule has 1 saturated heterocycles. The number of hydrogen-bond donors (Lipinski definition) is 3. The summed E-state index contributed by atoms with van der Waals surface area (Å²) in [6.45, 7) is 2.17. The Morgan fingerprint density at radius 1 is 1.29 bits per heavy atom. The highest BCUT2D eigenvalue weighted by atomic mass is 16.2. The van der Waals surface area contributed by atoms with Gasteiger partial charge >= 0.3 is 0 Å². The molecular formula is C17H27N3O. The SMILES string of the molecule is C[C@H](NC(=O)C1NNC2=CC=CCCC21)C1CCCCC1. The molecule has 0 aromatic carbocycles. The molecule has 0 bridgehead atoms. The summed E-state index contributed by atoms with van der Waals surface area (Å²) in [5.41, 5.74) is 7.50. The van der Waals surface area contributed by atoms with Crippen molar-refractivity contribution in [3.8, 4) is 0 Å². The fourth-order valence-corrected chi connectivity index (χ4v) is 3.88. The van der Waals surface area contributed by atoms with Crippen LogP contribution in [0.1, 0.15) is 51.9 Å². The van der Waals surface area contributed by atoms with E-state index in [1.807, 2.05) is 0 Å². The van der Waals surface area contributed by atoms with Gasteiger partial charge in [0, 0.05) is 17.7 Å². The topological polar surface area (TPSA) is 53.2 Å². The third-order valence-corrected chi connectivity index (χ3v) is 5.24. The Bertz CT molecular complexity index is 437. The number of hydrazine groups is 1. The van der Waals surface area contributed by atoms with Crippen molar-refractivity contribution in [2.24, 2.45) is 11.8 Å². The van der Waals surface area contributed by atoms with E-state index in [0.717, 1.165) is 18.5 Å². The number of rotatable bonds is 3. The van der Waals surface area contributed by atoms with Crippen molar-refractivity contribution < 1.29 is 4.79 Å². The van der Waals surface area contributed by atoms with Crippen molar-refractivity contribution in [3.63, 3.8) is 0 Å². The third-order valence-electron chi connectivity index (χ3n) is 5.24. The largest absolute Gasteiger partial charge is 0.352 e. The van der Waals surface area contributed by atoms with Gasteiger partial charge in [-0.05, 0) is 44.6 Å². The summed E-state index contributed by atoms with van der Waals surface area (Å²) in [6.07, 6.45) is 14.9. The van der Waals surface area contributed by atoms with E-state index >= 15 is 0 Å². The summed E-state index contributed by atoms with van der Waals surface area (Å²) in [7, 11) is 0. The lowest BCUT2D eigenvalue weighted by atomic mass is 9.84. The van der Waals surface area contributed by atoms with E-state index in [1.54, 1.807) is 0 Å². The first-order valence-corrected chi connectivity index (χ1v) is 8.44. The molecule has 2 aliphatic carbocycles. The van der Waals surface area contributed by atoms with E-state index in [9.17, 15) is 4.79 Å². The molecule has 4 nitrogen and oxygen atoms in total. The molecule has 116 valence electrons. The quantitative estimate of drug-likeness (QED) is 0.748. The van der Waals surface area contributed by atoms with Crippen LogP contribution in [-0.2, 0) is 4.79 Å². The van der Waals surface area contributed by atoms with Gasteiger partial charge in [0.25, 0.3) is 0 Å². The van der Waals surface area contributed by atoms with Crippen molar-refractivity contribution >= 4 is 5.91 Å². The van der Waals surface area contributed by atoms with Crippen LogP contribution < -0.4 is 16.2 Å². The molecule has 21 heavy (non-hydrogen) atoms. The molecule has 0 radical (unpaired) electrons. The Kier molecular flexibility index (Phi) is 4.63. The summed E-state index contributed by atoms with van der Waals surface area (Å²) in [6, 6.07) is 0.152. The second kappa shape index (κ2) is 6.65. The smallest absolute Gasteiger partial charge is 0.239 e. The Balaban J connectivity index is 1.58. The van der Waals surface area contributed by atoms with Gasteiger partial charge in [-0.25, -0.2) is 5.43 Å². The molecule has 1 amide bonds. The lowest BCUT2D eigenvalue weighted by Crippen LogP contribution is -2.50. The summed E-state index contributed by atoms with van der Waals surface area (Å²) >= 11 is 0. The zero-order valence-corrected chi connectivity index (χ0v) is 12.9. The molecule has 3 aliphatic rings. The molecule has 2 fully saturated rings. The molecule has 1 heterocycles. The fourth-order valence-electron chi connectivity index (χ4n) is 3.88. The van der Waals surface area contributed by atoms with E-state index in [0.29, 0.717) is 5.92 Å². The van der Waals surface area contributed by atoms with Gasteiger partial charge in [0.1, 0.15) is 6.04 Å². The van der Waals surface area contributed by atoms with Crippen molar-refractivity contribution in [2.45, 2.75) is 64.0 Å². The van der Waals surface area contributed by atoms with E-state index in [2.05, 4.69) is 41.3 Å². The Morgan fingerprint density at radius 3 is 2.90 bits per heavy atom. The van der Waals surface area contributed by atoms with Gasteiger partial charge in [0.05, 0.1) is 0 Å². The van der Waals surface area contributed by atoms with Gasteiger partial charge in [-0.1, -0.05) is 31.4 Å². The minimum atomic E-state index is -0.137. The predicted molar refractivity (Wildman–Crippen MR) is 84.2 cm³/mol. The first kappa shape index (κ1) is 14.6. The van der Waals surface area contributed by atoms with E-state index < -0.39 is 0 Å². The van der Waals surface area contributed by atoms with Gasteiger partial charge in [0.15, 0.2) is 0 Å². The molecule has 3 rings (SSSR count). The molecule has 3 atom stereocenters. The molecule has 0 aromatic rings. The maximum Gasteiger partial charge on any atom is 0.239 e. The molecule has 1 saturated carbocycles. The predicted octanol–water partition coefficient (Wildman–Crippen LogP) is 2.40. The van der Waals surface area contributed by atoms with E-state index in [-0.39, 0.29) is 23.9 Å². The van der Waals surface area contributed by atoms with Gasteiger partial charge in [-0.3, -0.25) is 4.79 Å². The molecular weight excluding hydrogens is 262 g/mol. The monoisotopic (exact) mass is 289 g/mol. The Labute approximate surface area is 127 Å². The highest BCUT2D eigenvalue weighted by molar-refractivity contribution is 5.83. The van der Waals surface area contributed by atoms with Crippen LogP contribution >= 0.6 is 0 Å². The number of fused-ring (bicyclic) bond motifs is 1. The second-order valence-electron chi connectivity index (χ2n) is 6.68. The maximum atomic E-state index is 12.6. The standard InChI is InChI=1S/C17H27N3O/c1-12(13-8-4-2-5-9-13)18-17(21)16-14-10-6-3-7-11-15(14)19-20-16/h3,7,11-14,16,19-20H,2,4-6,8-10H2,1H3,(H,18,21)/t12-,14?,16?/m0/s1. The summed E-state index contributed by atoms with van der Waals surface area (Å²) < 4.78 is 0. The minimum Gasteiger partial charge on any atom is -0.352 e. The molecule has 0 aromatic heterocycles. The van der Waals surface area contributed by atoms with Crippen LogP contribution in [0.2, 0.25) is 0 Å². The van der Waals surface area contributed by atoms with Gasteiger partial charge in [-0.2, -0.15) is 0 Å². The average molecular weight is 289 g/mol. The third kappa shape index (κ3) is 3.31. The minimum absolute atomic E-state index is 0.137. The lowest BCUT2D eigenvalue weighted by Gasteiger charge is -2.29. The van der Waals surface area contributed by atoms with Gasteiger partial charge in [0.2, 0.25) is 5.91 Å². The van der Waals surface area contributed by atoms with Crippen LogP contribution in [0.15, 0.2) is 23.9 Å². The second-order valence-corrected chi connectivity index (χ2v) is 6.68. The van der Waals surface area contributed by atoms with Crippen LogP contribution in [0.3, 0.4) is 0 Å². The highest BCUT2D eigenvalue weighted by Gasteiger charge is 2.37. The molecule has 3 N–H and O–H groups in total. The van der Waals surface area contributed by atoms with Crippen LogP contribution in [-0.4, -0.2) is 18.0 Å². The number of amides is 1. The zero-order valence-electron chi connectivity index (χ0n) is 12.9. The van der Waals surface area contributed by atoms with E-state index in [4.69, 9.17) is 0 Å². The normalized spacial score (nSPS) is 30.8. The number of carbonyl (C=O) groups is 1. The van der Waals surface area contributed by atoms with Crippen molar-refractivity contribution in [1.29, 1.82) is 0 Å². The van der Waals surface area contributed by atoms with Crippen LogP contribution in [0, 0.1) is 11.8 Å². The number of hydrogen-bond acceptors (Lipinski definition) is 3. The summed E-state index contributed by atoms with van der Waals surface area (Å²) in [5, 5.41) is 3.26. The maximum absolute atomic E-state index is 12.6. The number of carbonyl (C=O) groups excluding carboxylic acids is 1. The first-order valence-electron chi connectivity index (χ1n) is 8.44. The lowest BCUT2D eigenvalue weighted by molar-refractivity contribution is -0.124. The van der Waals surface area contributed by atoms with Crippen molar-refractivity contribution in [3.05, 3.63) is 23.9 Å². The molecule has 4 heteroatoms. The summed E-state index contributed by atoms with van der Waals surface area (Å²) in [4.78, 5) is 12.6. The first-order chi connectivity index (χ1) is 10.3. The fraction of sp³-hybridized carbons (Fsp3) is 0.706. The Hall–Kier alpha value is -1.29. The van der Waals surface area contributed by atoms with Crippen molar-refractivity contribution in [1.82, 2.24) is 16.2 Å². The molecule has 0 spiro atoms.